The summed E-state index contributed by atoms with van der Waals surface area (Å²) in [5, 5.41) is 7.00. The van der Waals surface area contributed by atoms with Gasteiger partial charge in [-0.15, -0.1) is 0 Å². The van der Waals surface area contributed by atoms with E-state index in [1.807, 2.05) is 19.9 Å². The van der Waals surface area contributed by atoms with Crippen LogP contribution in [0.1, 0.15) is 19.4 Å². The van der Waals surface area contributed by atoms with Crippen LogP contribution in [-0.4, -0.2) is 24.3 Å². The lowest BCUT2D eigenvalue weighted by Crippen LogP contribution is -1.97. The van der Waals surface area contributed by atoms with Crippen LogP contribution in [-0.2, 0) is 6.54 Å². The van der Waals surface area contributed by atoms with E-state index in [9.17, 15) is 0 Å². The first-order valence-corrected chi connectivity index (χ1v) is 4.50. The van der Waals surface area contributed by atoms with Crippen LogP contribution in [0.3, 0.4) is 0 Å². The smallest absolute Gasteiger partial charge is 0.212 e. The van der Waals surface area contributed by atoms with Gasteiger partial charge in [0.15, 0.2) is 0 Å². The van der Waals surface area contributed by atoms with Crippen molar-refractivity contribution in [3.8, 4) is 5.88 Å². The molecule has 0 radical (unpaired) electrons. The molecule has 1 aromatic rings. The van der Waals surface area contributed by atoms with E-state index < -0.39 is 0 Å². The fraction of sp³-hybridized carbons (Fsp3) is 0.500. The molecule has 0 spiro atoms. The van der Waals surface area contributed by atoms with Gasteiger partial charge in [-0.25, -0.2) is 4.98 Å². The first kappa shape index (κ1) is 15.3. The fourth-order valence-corrected chi connectivity index (χ4v) is 0.652. The maximum absolute atomic E-state index is 7.00. The fourth-order valence-electron chi connectivity index (χ4n) is 0.652. The average molecular weight is 200 g/mol. The van der Waals surface area contributed by atoms with Gasteiger partial charge in [0.2, 0.25) is 5.88 Å². The predicted octanol–water partition coefficient (Wildman–Crippen LogP) is 1.18. The number of hydrogen-bond acceptors (Lipinski definition) is 4. The van der Waals surface area contributed by atoms with Crippen molar-refractivity contribution in [2.45, 2.75) is 20.4 Å². The normalized spacial score (nSPS) is 7.57. The molecule has 3 N–H and O–H groups in total. The number of nitrogens with zero attached hydrogens (tertiary/aromatic N) is 1. The summed E-state index contributed by atoms with van der Waals surface area (Å²) in [6.45, 7) is 4.52. The molecule has 0 bridgehead atoms. The van der Waals surface area contributed by atoms with Gasteiger partial charge in [0.05, 0.1) is 7.11 Å². The summed E-state index contributed by atoms with van der Waals surface area (Å²) in [6.07, 6.45) is 1.71. The molecule has 14 heavy (non-hydrogen) atoms. The Morgan fingerprint density at radius 2 is 1.93 bits per heavy atom. The number of aliphatic hydroxyl groups excluding tert-OH is 1. The molecule has 1 rings (SSSR count). The number of aromatic nitrogens is 1. The zero-order valence-corrected chi connectivity index (χ0v) is 9.32. The van der Waals surface area contributed by atoms with Crippen LogP contribution < -0.4 is 10.5 Å². The van der Waals surface area contributed by atoms with E-state index >= 15 is 0 Å². The Kier molecular flexibility index (Phi) is 13.0. The quantitative estimate of drug-likeness (QED) is 0.752. The van der Waals surface area contributed by atoms with Crippen LogP contribution >= 0.6 is 0 Å². The summed E-state index contributed by atoms with van der Waals surface area (Å²) < 4.78 is 4.86. The number of methoxy groups -OCH3 is 1. The van der Waals surface area contributed by atoms with Gasteiger partial charge < -0.3 is 15.6 Å². The van der Waals surface area contributed by atoms with Crippen molar-refractivity contribution in [2.75, 3.05) is 14.2 Å². The first-order valence-electron chi connectivity index (χ1n) is 4.50. The van der Waals surface area contributed by atoms with Crippen molar-refractivity contribution in [3.63, 3.8) is 0 Å². The molecule has 0 saturated carbocycles. The summed E-state index contributed by atoms with van der Waals surface area (Å²) in [7, 11) is 2.59. The van der Waals surface area contributed by atoms with E-state index in [1.165, 1.54) is 0 Å². The summed E-state index contributed by atoms with van der Waals surface area (Å²) in [4.78, 5) is 3.97. The largest absolute Gasteiger partial charge is 0.481 e. The van der Waals surface area contributed by atoms with Gasteiger partial charge in [0, 0.05) is 25.9 Å². The van der Waals surface area contributed by atoms with Crippen molar-refractivity contribution in [3.05, 3.63) is 23.9 Å². The monoisotopic (exact) mass is 200 g/mol. The molecule has 0 atom stereocenters. The maximum Gasteiger partial charge on any atom is 0.212 e. The highest BCUT2D eigenvalue weighted by Crippen LogP contribution is 2.04. The van der Waals surface area contributed by atoms with Gasteiger partial charge in [-0.2, -0.15) is 0 Å². The molecule has 4 heteroatoms. The van der Waals surface area contributed by atoms with Crippen LogP contribution in [0.2, 0.25) is 0 Å². The summed E-state index contributed by atoms with van der Waals surface area (Å²) in [6, 6.07) is 3.69. The number of pyridine rings is 1. The van der Waals surface area contributed by atoms with Gasteiger partial charge >= 0.3 is 0 Å². The molecule has 0 aliphatic carbocycles. The van der Waals surface area contributed by atoms with Gasteiger partial charge in [-0.1, -0.05) is 19.9 Å². The van der Waals surface area contributed by atoms with Crippen molar-refractivity contribution in [2.24, 2.45) is 5.73 Å². The molecule has 0 fully saturated rings. The van der Waals surface area contributed by atoms with Gasteiger partial charge in [0.1, 0.15) is 0 Å². The van der Waals surface area contributed by atoms with Crippen LogP contribution in [0.5, 0.6) is 5.88 Å². The number of rotatable bonds is 2. The molecule has 0 aromatic carbocycles. The second-order valence-electron chi connectivity index (χ2n) is 1.91. The minimum atomic E-state index is 0.525. The third-order valence-corrected chi connectivity index (χ3v) is 1.24. The molecule has 0 amide bonds. The zero-order valence-electron chi connectivity index (χ0n) is 9.32. The number of ether oxygens (including phenoxy) is 1. The third kappa shape index (κ3) is 6.39. The molecule has 1 aromatic heterocycles. The Morgan fingerprint density at radius 3 is 2.21 bits per heavy atom. The third-order valence-electron chi connectivity index (χ3n) is 1.24. The van der Waals surface area contributed by atoms with Crippen molar-refractivity contribution >= 4 is 0 Å². The number of aliphatic hydroxyl groups is 1. The topological polar surface area (TPSA) is 68.4 Å². The Labute approximate surface area is 85.7 Å². The van der Waals surface area contributed by atoms with Crippen LogP contribution in [0.4, 0.5) is 0 Å². The van der Waals surface area contributed by atoms with E-state index in [0.717, 1.165) is 12.7 Å². The highest BCUT2D eigenvalue weighted by atomic mass is 16.5. The Balaban J connectivity index is 0. The van der Waals surface area contributed by atoms with Crippen molar-refractivity contribution < 1.29 is 9.84 Å². The number of nitrogens with two attached hydrogens (primary N) is 1. The van der Waals surface area contributed by atoms with E-state index in [0.29, 0.717) is 12.4 Å². The molecule has 0 unspecified atom stereocenters. The summed E-state index contributed by atoms with van der Waals surface area (Å²) in [5.74, 6) is 0.622. The lowest BCUT2D eigenvalue weighted by Gasteiger charge is -1.98. The predicted molar refractivity (Wildman–Crippen MR) is 58.2 cm³/mol. The molecule has 0 saturated heterocycles. The van der Waals surface area contributed by atoms with E-state index in [4.69, 9.17) is 15.6 Å². The van der Waals surface area contributed by atoms with Crippen LogP contribution in [0.15, 0.2) is 18.3 Å². The lowest BCUT2D eigenvalue weighted by molar-refractivity contribution is 0.397. The Bertz CT molecular complexity index is 177. The number of hydrogen-bond donors (Lipinski definition) is 2. The molecule has 0 aliphatic rings. The highest BCUT2D eigenvalue weighted by Gasteiger charge is 1.90. The Hall–Kier alpha value is -1.13. The van der Waals surface area contributed by atoms with Crippen LogP contribution in [0.25, 0.3) is 0 Å². The second-order valence-corrected chi connectivity index (χ2v) is 1.91. The minimum absolute atomic E-state index is 0.525. The molecule has 82 valence electrons. The SMILES string of the molecule is CC.CO.COc1ccc(CN)cn1. The summed E-state index contributed by atoms with van der Waals surface area (Å²) in [5.41, 5.74) is 6.38. The van der Waals surface area contributed by atoms with Gasteiger partial charge in [-0.3, -0.25) is 0 Å². The summed E-state index contributed by atoms with van der Waals surface area (Å²) >= 11 is 0. The van der Waals surface area contributed by atoms with Crippen molar-refractivity contribution in [1.82, 2.24) is 4.98 Å². The van der Waals surface area contributed by atoms with E-state index in [-0.39, 0.29) is 0 Å². The minimum Gasteiger partial charge on any atom is -0.481 e. The zero-order chi connectivity index (χ0) is 11.4. The van der Waals surface area contributed by atoms with Crippen molar-refractivity contribution in [1.29, 1.82) is 0 Å². The highest BCUT2D eigenvalue weighted by molar-refractivity contribution is 5.17. The molecule has 1 heterocycles. The van der Waals surface area contributed by atoms with E-state index in [1.54, 1.807) is 19.4 Å². The second kappa shape index (κ2) is 11.9. The lowest BCUT2D eigenvalue weighted by atomic mass is 10.3. The average Bonchev–Trinajstić information content (AvgIpc) is 2.34. The Morgan fingerprint density at radius 1 is 1.36 bits per heavy atom. The molecule has 0 aliphatic heterocycles. The van der Waals surface area contributed by atoms with Gasteiger partial charge in [0.25, 0.3) is 0 Å². The van der Waals surface area contributed by atoms with Gasteiger partial charge in [-0.05, 0) is 5.56 Å². The maximum atomic E-state index is 7.00. The standard InChI is InChI=1S/C7H10N2O.C2H6.CH4O/c1-10-7-3-2-6(4-8)5-9-7;2*1-2/h2-3,5H,4,8H2,1H3;1-2H3;2H,1H3. The van der Waals surface area contributed by atoms with E-state index in [2.05, 4.69) is 4.98 Å². The van der Waals surface area contributed by atoms with Crippen LogP contribution in [0, 0.1) is 0 Å². The molecular weight excluding hydrogens is 180 g/mol. The molecular formula is C10H20N2O2. The first-order chi connectivity index (χ1) is 6.86. The molecule has 4 nitrogen and oxygen atoms in total.